The first-order valence-electron chi connectivity index (χ1n) is 5.90. The van der Waals surface area contributed by atoms with Crippen molar-refractivity contribution in [3.63, 3.8) is 0 Å². The first kappa shape index (κ1) is 16.6. The molecule has 110 valence electrons. The van der Waals surface area contributed by atoms with Crippen LogP contribution in [0.5, 0.6) is 0 Å². The normalized spacial score (nSPS) is 14.6. The van der Waals surface area contributed by atoms with E-state index < -0.39 is 24.8 Å². The van der Waals surface area contributed by atoms with Gasteiger partial charge in [-0.05, 0) is 6.42 Å². The summed E-state index contributed by atoms with van der Waals surface area (Å²) in [6, 6.07) is 4.87. The molecule has 0 heterocycles. The van der Waals surface area contributed by atoms with Crippen molar-refractivity contribution in [1.29, 1.82) is 0 Å². The first-order chi connectivity index (χ1) is 9.19. The maximum atomic E-state index is 12.3. The lowest BCUT2D eigenvalue weighted by Gasteiger charge is -2.23. The fourth-order valence-electron chi connectivity index (χ4n) is 1.73. The molecule has 1 aromatic rings. The van der Waals surface area contributed by atoms with Crippen LogP contribution in [0.15, 0.2) is 24.3 Å². The number of halogens is 1. The fraction of sp³-hybridized carbons (Fsp3) is 0.417. The Kier molecular flexibility index (Phi) is 4.88. The van der Waals surface area contributed by atoms with Crippen LogP contribution in [-0.2, 0) is 9.84 Å². The van der Waals surface area contributed by atoms with E-state index in [9.17, 15) is 23.3 Å². The van der Waals surface area contributed by atoms with E-state index in [1.165, 1.54) is 32.0 Å². The molecule has 0 saturated carbocycles. The summed E-state index contributed by atoms with van der Waals surface area (Å²) >= 11 is 6.03. The minimum Gasteiger partial charge on any atom is -0.291 e. The molecule has 0 fully saturated rings. The number of nitro benzene ring substituents is 1. The van der Waals surface area contributed by atoms with Crippen LogP contribution in [0.2, 0.25) is 0 Å². The second-order valence-corrected chi connectivity index (χ2v) is 7.50. The lowest BCUT2D eigenvalue weighted by Crippen LogP contribution is -2.41. The highest BCUT2D eigenvalue weighted by molar-refractivity contribution is 7.95. The summed E-state index contributed by atoms with van der Waals surface area (Å²) in [5, 5.41) is 10.7. The van der Waals surface area contributed by atoms with Gasteiger partial charge in [0.1, 0.15) is 0 Å². The van der Waals surface area contributed by atoms with Crippen molar-refractivity contribution in [2.45, 2.75) is 24.5 Å². The highest BCUT2D eigenvalue weighted by atomic mass is 35.5. The largest absolute Gasteiger partial charge is 0.291 e. The summed E-state index contributed by atoms with van der Waals surface area (Å²) in [5.41, 5.74) is -0.382. The van der Waals surface area contributed by atoms with Crippen LogP contribution in [0.25, 0.3) is 0 Å². The summed E-state index contributed by atoms with van der Waals surface area (Å²) in [5.74, 6) is -1.13. The summed E-state index contributed by atoms with van der Waals surface area (Å²) in [6.07, 6.45) is -0.119. The number of nitrogens with zero attached hydrogens (tertiary/aromatic N) is 1. The summed E-state index contributed by atoms with van der Waals surface area (Å²) < 4.78 is 21.9. The number of Topliss-reactive ketones (excluding diaryl/α,β-unsaturated/α-hetero) is 1. The maximum Gasteiger partial charge on any atom is 0.270 e. The summed E-state index contributed by atoms with van der Waals surface area (Å²) in [7, 11) is -3.84. The molecular weight excluding hydrogens is 306 g/mol. The number of hydrogen-bond donors (Lipinski definition) is 0. The Morgan fingerprint density at radius 3 is 2.45 bits per heavy atom. The van der Waals surface area contributed by atoms with E-state index in [0.717, 1.165) is 6.07 Å². The van der Waals surface area contributed by atoms with E-state index in [1.807, 2.05) is 0 Å². The van der Waals surface area contributed by atoms with Crippen molar-refractivity contribution in [3.8, 4) is 0 Å². The van der Waals surface area contributed by atoms with Gasteiger partial charge in [0.05, 0.1) is 4.92 Å². The summed E-state index contributed by atoms with van der Waals surface area (Å²) in [4.78, 5) is 22.4. The van der Waals surface area contributed by atoms with E-state index in [-0.39, 0.29) is 23.4 Å². The average Bonchev–Trinajstić information content (AvgIpc) is 2.45. The highest BCUT2D eigenvalue weighted by Crippen LogP contribution is 2.32. The molecule has 0 aliphatic carbocycles. The number of rotatable bonds is 6. The number of nitro groups is 1. The smallest absolute Gasteiger partial charge is 0.270 e. The fourth-order valence-corrected chi connectivity index (χ4v) is 3.46. The van der Waals surface area contributed by atoms with Crippen molar-refractivity contribution in [2.75, 3.05) is 5.75 Å². The van der Waals surface area contributed by atoms with E-state index in [1.54, 1.807) is 0 Å². The van der Waals surface area contributed by atoms with Crippen LogP contribution in [-0.4, -0.2) is 29.1 Å². The predicted octanol–water partition coefficient (Wildman–Crippen LogP) is 2.56. The molecule has 0 spiro atoms. The van der Waals surface area contributed by atoms with Gasteiger partial charge in [-0.3, -0.25) is 14.9 Å². The molecule has 0 aromatic heterocycles. The topological polar surface area (TPSA) is 94.3 Å². The molecule has 0 saturated heterocycles. The first-order valence-corrected chi connectivity index (χ1v) is 7.93. The number of non-ortho nitro benzene ring substituents is 1. The molecular formula is C12H14ClNO5S. The van der Waals surface area contributed by atoms with Gasteiger partial charge in [0, 0.05) is 23.4 Å². The monoisotopic (exact) mass is 319 g/mol. The average molecular weight is 320 g/mol. The second-order valence-electron chi connectivity index (χ2n) is 4.12. The maximum absolute atomic E-state index is 12.3. The van der Waals surface area contributed by atoms with Gasteiger partial charge in [0.15, 0.2) is 15.6 Å². The number of carbonyl (C=O) groups is 1. The van der Waals surface area contributed by atoms with Crippen LogP contribution < -0.4 is 0 Å². The number of alkyl halides is 1. The Hall–Kier alpha value is -1.47. The Morgan fingerprint density at radius 2 is 2.00 bits per heavy atom. The van der Waals surface area contributed by atoms with Crippen molar-refractivity contribution >= 4 is 32.9 Å². The number of ketones is 1. The van der Waals surface area contributed by atoms with Gasteiger partial charge >= 0.3 is 0 Å². The molecule has 6 nitrogen and oxygen atoms in total. The highest BCUT2D eigenvalue weighted by Gasteiger charge is 2.46. The molecule has 0 aliphatic heterocycles. The molecule has 20 heavy (non-hydrogen) atoms. The minimum absolute atomic E-state index is 0.0897. The van der Waals surface area contributed by atoms with Crippen LogP contribution in [0.4, 0.5) is 5.69 Å². The van der Waals surface area contributed by atoms with Crippen molar-refractivity contribution in [1.82, 2.24) is 0 Å². The Balaban J connectivity index is 3.36. The molecule has 0 bridgehead atoms. The third kappa shape index (κ3) is 2.83. The van der Waals surface area contributed by atoms with Gasteiger partial charge in [0.25, 0.3) is 5.69 Å². The predicted molar refractivity (Wildman–Crippen MR) is 75.8 cm³/mol. The molecule has 0 N–H and O–H groups in total. The number of carbonyl (C=O) groups excluding carboxylic acids is 1. The lowest BCUT2D eigenvalue weighted by molar-refractivity contribution is -0.384. The Labute approximate surface area is 121 Å². The van der Waals surface area contributed by atoms with Gasteiger partial charge in [-0.25, -0.2) is 8.42 Å². The third-order valence-corrected chi connectivity index (χ3v) is 6.35. The summed E-state index contributed by atoms with van der Waals surface area (Å²) in [6.45, 7) is 2.87. The van der Waals surface area contributed by atoms with Gasteiger partial charge in [-0.2, -0.15) is 0 Å². The Morgan fingerprint density at radius 1 is 1.40 bits per heavy atom. The van der Waals surface area contributed by atoms with Crippen LogP contribution >= 0.6 is 11.6 Å². The van der Waals surface area contributed by atoms with Gasteiger partial charge in [-0.1, -0.05) is 37.6 Å². The third-order valence-electron chi connectivity index (χ3n) is 2.99. The zero-order chi connectivity index (χ0) is 15.6. The number of benzene rings is 1. The molecule has 1 atom stereocenters. The number of hydrogen-bond acceptors (Lipinski definition) is 5. The van der Waals surface area contributed by atoms with Crippen LogP contribution in [0, 0.1) is 10.1 Å². The van der Waals surface area contributed by atoms with E-state index in [0.29, 0.717) is 0 Å². The van der Waals surface area contributed by atoms with E-state index in [4.69, 9.17) is 11.6 Å². The second kappa shape index (κ2) is 5.88. The van der Waals surface area contributed by atoms with Crippen LogP contribution in [0.1, 0.15) is 30.6 Å². The number of sulfone groups is 1. The van der Waals surface area contributed by atoms with Gasteiger partial charge < -0.3 is 0 Å². The molecule has 0 aliphatic rings. The molecule has 8 heteroatoms. The van der Waals surface area contributed by atoms with E-state index >= 15 is 0 Å². The van der Waals surface area contributed by atoms with Crippen molar-refractivity contribution in [2.24, 2.45) is 0 Å². The lowest BCUT2D eigenvalue weighted by atomic mass is 10.1. The molecule has 0 radical (unpaired) electrons. The standard InChI is InChI=1S/C12H14ClNO5S/c1-3-12(13,20(18,19)4-2)11(15)9-6-5-7-10(8-9)14(16)17/h5-8H,3-4H2,1-2H3/t12-/m0/s1. The molecule has 0 amide bonds. The zero-order valence-electron chi connectivity index (χ0n) is 11.0. The molecule has 1 rings (SSSR count). The zero-order valence-corrected chi connectivity index (χ0v) is 12.6. The van der Waals surface area contributed by atoms with Crippen molar-refractivity contribution < 1.29 is 18.1 Å². The van der Waals surface area contributed by atoms with Gasteiger partial charge in [-0.15, -0.1) is 0 Å². The van der Waals surface area contributed by atoms with E-state index in [2.05, 4.69) is 0 Å². The Bertz CT molecular complexity index is 643. The molecule has 0 unspecified atom stereocenters. The van der Waals surface area contributed by atoms with Crippen molar-refractivity contribution in [3.05, 3.63) is 39.9 Å². The molecule has 1 aromatic carbocycles. The van der Waals surface area contributed by atoms with Gasteiger partial charge in [0.2, 0.25) is 4.21 Å². The minimum atomic E-state index is -3.84. The SMILES string of the molecule is CC[C@@](Cl)(C(=O)c1cccc([N+](=O)[O-])c1)S(=O)(=O)CC. The quantitative estimate of drug-likeness (QED) is 0.347. The van der Waals surface area contributed by atoms with Crippen LogP contribution in [0.3, 0.4) is 0 Å².